The van der Waals surface area contributed by atoms with Crippen molar-refractivity contribution < 1.29 is 19.0 Å². The Labute approximate surface area is 220 Å². The number of anilines is 1. The minimum atomic E-state index is -1.01. The number of piperidine rings is 1. The SMILES string of the molecule is C[C@@]12CC[C@@](C)(N1)[C@@H](F)[C@@H](N(c1cnc(-c3ccc(-c4cnc5c(c4)OCCO5)cc3O)nn1)C1CC1)C2. The second kappa shape index (κ2) is 8.49. The van der Waals surface area contributed by atoms with Crippen LogP contribution in [0.4, 0.5) is 10.2 Å². The molecule has 3 fully saturated rings. The number of nitrogens with one attached hydrogen (secondary N) is 1. The van der Waals surface area contributed by atoms with Crippen molar-refractivity contribution in [1.82, 2.24) is 25.5 Å². The lowest BCUT2D eigenvalue weighted by atomic mass is 9.82. The van der Waals surface area contributed by atoms with Crippen molar-refractivity contribution in [3.63, 3.8) is 0 Å². The molecule has 2 saturated heterocycles. The lowest BCUT2D eigenvalue weighted by Crippen LogP contribution is -2.66. The summed E-state index contributed by atoms with van der Waals surface area (Å²) in [4.78, 5) is 11.0. The highest BCUT2D eigenvalue weighted by Gasteiger charge is 2.58. The van der Waals surface area contributed by atoms with E-state index in [1.165, 1.54) is 0 Å². The van der Waals surface area contributed by atoms with Crippen LogP contribution in [-0.4, -0.2) is 67.8 Å². The molecule has 0 spiro atoms. The summed E-state index contributed by atoms with van der Waals surface area (Å²) in [6.45, 7) is 5.15. The standard InChI is InChI=1S/C28H31FN6O3/c1-27-7-8-28(2,34-27)24(29)20(13-27)35(18-4-5-18)23-15-30-25(33-32-23)19-6-3-16(11-21(19)36)17-12-22-26(31-14-17)38-10-9-37-22/h3,6,11-12,14-15,18,20,24,34,36H,4-5,7-10,13H2,1-2H3/t20-,24-,27-,28+/m0/s1. The highest BCUT2D eigenvalue weighted by atomic mass is 19.1. The van der Waals surface area contributed by atoms with Gasteiger partial charge in [-0.1, -0.05) is 6.07 Å². The summed E-state index contributed by atoms with van der Waals surface area (Å²) in [5, 5.41) is 23.2. The molecule has 9 nitrogen and oxygen atoms in total. The van der Waals surface area contributed by atoms with Crippen LogP contribution < -0.4 is 19.7 Å². The Morgan fingerprint density at radius 3 is 2.63 bits per heavy atom. The molecule has 0 amide bonds. The number of nitrogens with zero attached hydrogens (tertiary/aromatic N) is 5. The Balaban J connectivity index is 1.15. The highest BCUT2D eigenvalue weighted by Crippen LogP contribution is 2.48. The van der Waals surface area contributed by atoms with Gasteiger partial charge in [0.1, 0.15) is 25.1 Å². The second-order valence-electron chi connectivity index (χ2n) is 11.5. The van der Waals surface area contributed by atoms with Crippen LogP contribution in [0.3, 0.4) is 0 Å². The van der Waals surface area contributed by atoms with Gasteiger partial charge in [0.15, 0.2) is 17.4 Å². The fourth-order valence-electron chi connectivity index (χ4n) is 6.42. The zero-order valence-electron chi connectivity index (χ0n) is 21.5. The Morgan fingerprint density at radius 1 is 1.03 bits per heavy atom. The number of hydrogen-bond donors (Lipinski definition) is 2. The van der Waals surface area contributed by atoms with Crippen LogP contribution in [-0.2, 0) is 0 Å². The summed E-state index contributed by atoms with van der Waals surface area (Å²) in [5.41, 5.74) is 1.45. The molecular weight excluding hydrogens is 487 g/mol. The number of pyridine rings is 1. The molecule has 3 aliphatic heterocycles. The number of rotatable bonds is 5. The molecule has 1 aliphatic carbocycles. The number of phenols is 1. The van der Waals surface area contributed by atoms with Crippen molar-refractivity contribution >= 4 is 5.82 Å². The Morgan fingerprint density at radius 2 is 1.87 bits per heavy atom. The first kappa shape index (κ1) is 23.6. The molecule has 38 heavy (non-hydrogen) atoms. The summed E-state index contributed by atoms with van der Waals surface area (Å²) in [7, 11) is 0. The van der Waals surface area contributed by atoms with Gasteiger partial charge < -0.3 is 24.8 Å². The Kier molecular flexibility index (Phi) is 5.27. The van der Waals surface area contributed by atoms with Crippen LogP contribution in [0.1, 0.15) is 46.0 Å². The van der Waals surface area contributed by atoms with Gasteiger partial charge in [-0.2, -0.15) is 0 Å². The molecule has 2 bridgehead atoms. The van der Waals surface area contributed by atoms with E-state index in [4.69, 9.17) is 9.47 Å². The topological polar surface area (TPSA) is 106 Å². The predicted molar refractivity (Wildman–Crippen MR) is 139 cm³/mol. The number of aromatic nitrogens is 4. The van der Waals surface area contributed by atoms with E-state index in [0.29, 0.717) is 42.0 Å². The molecule has 1 saturated carbocycles. The van der Waals surface area contributed by atoms with Crippen molar-refractivity contribution in [3.05, 3.63) is 36.7 Å². The van der Waals surface area contributed by atoms with Gasteiger partial charge in [-0.3, -0.25) is 0 Å². The van der Waals surface area contributed by atoms with E-state index in [2.05, 4.69) is 37.3 Å². The fourth-order valence-corrected chi connectivity index (χ4v) is 6.42. The van der Waals surface area contributed by atoms with Crippen LogP contribution in [0.2, 0.25) is 0 Å². The summed E-state index contributed by atoms with van der Waals surface area (Å²) in [6, 6.07) is 7.13. The molecule has 7 rings (SSSR count). The van der Waals surface area contributed by atoms with E-state index in [0.717, 1.165) is 43.2 Å². The number of ether oxygens (including phenoxy) is 2. The van der Waals surface area contributed by atoms with Crippen LogP contribution in [0.5, 0.6) is 17.4 Å². The summed E-state index contributed by atoms with van der Waals surface area (Å²) < 4.78 is 27.0. The van der Waals surface area contributed by atoms with Gasteiger partial charge in [0, 0.05) is 28.9 Å². The van der Waals surface area contributed by atoms with Crippen LogP contribution >= 0.6 is 0 Å². The number of hydrogen-bond acceptors (Lipinski definition) is 9. The maximum Gasteiger partial charge on any atom is 0.257 e. The molecular formula is C28H31FN6O3. The third-order valence-corrected chi connectivity index (χ3v) is 8.47. The zero-order chi connectivity index (χ0) is 26.1. The van der Waals surface area contributed by atoms with E-state index < -0.39 is 11.7 Å². The van der Waals surface area contributed by atoms with Gasteiger partial charge in [0.05, 0.1) is 17.8 Å². The average molecular weight is 519 g/mol. The fraction of sp³-hybridized carbons (Fsp3) is 0.500. The molecule has 4 atom stereocenters. The van der Waals surface area contributed by atoms with E-state index in [9.17, 15) is 5.11 Å². The Bertz CT molecular complexity index is 1390. The van der Waals surface area contributed by atoms with Crippen molar-refractivity contribution in [2.75, 3.05) is 18.1 Å². The van der Waals surface area contributed by atoms with Crippen LogP contribution in [0.25, 0.3) is 22.5 Å². The lowest BCUT2D eigenvalue weighted by Gasteiger charge is -2.48. The average Bonchev–Trinajstić information content (AvgIpc) is 3.72. The zero-order valence-corrected chi connectivity index (χ0v) is 21.5. The van der Waals surface area contributed by atoms with E-state index in [1.54, 1.807) is 24.5 Å². The second-order valence-corrected chi connectivity index (χ2v) is 11.5. The molecule has 0 unspecified atom stereocenters. The molecule has 5 heterocycles. The third-order valence-electron chi connectivity index (χ3n) is 8.47. The largest absolute Gasteiger partial charge is 0.507 e. The van der Waals surface area contributed by atoms with Crippen molar-refractivity contribution in [3.8, 4) is 39.9 Å². The number of aromatic hydroxyl groups is 1. The van der Waals surface area contributed by atoms with Crippen LogP contribution in [0, 0.1) is 0 Å². The highest BCUT2D eigenvalue weighted by molar-refractivity contribution is 5.73. The van der Waals surface area contributed by atoms with E-state index >= 15 is 4.39 Å². The number of phenolic OH excluding ortho intramolecular Hbond substituents is 1. The molecule has 2 N–H and O–H groups in total. The van der Waals surface area contributed by atoms with Crippen LogP contribution in [0.15, 0.2) is 36.7 Å². The minimum Gasteiger partial charge on any atom is -0.507 e. The Hall–Kier alpha value is -3.53. The van der Waals surface area contributed by atoms with Gasteiger partial charge in [0.25, 0.3) is 5.88 Å². The summed E-state index contributed by atoms with van der Waals surface area (Å²) in [5.74, 6) is 2.00. The smallest absolute Gasteiger partial charge is 0.257 e. The lowest BCUT2D eigenvalue weighted by molar-refractivity contribution is 0.0831. The van der Waals surface area contributed by atoms with Gasteiger partial charge in [-0.05, 0) is 69.7 Å². The molecule has 0 radical (unpaired) electrons. The number of benzene rings is 1. The number of fused-ring (bicyclic) bond motifs is 3. The molecule has 4 aliphatic rings. The molecule has 1 aromatic carbocycles. The third kappa shape index (κ3) is 3.93. The van der Waals surface area contributed by atoms with Crippen molar-refractivity contribution in [2.24, 2.45) is 0 Å². The molecule has 3 aromatic rings. The van der Waals surface area contributed by atoms with Gasteiger partial charge in [-0.25, -0.2) is 14.4 Å². The summed E-state index contributed by atoms with van der Waals surface area (Å²) in [6.07, 6.45) is 6.91. The quantitative estimate of drug-likeness (QED) is 0.517. The first-order valence-electron chi connectivity index (χ1n) is 13.3. The first-order chi connectivity index (χ1) is 18.3. The van der Waals surface area contributed by atoms with E-state index in [1.807, 2.05) is 19.1 Å². The van der Waals surface area contributed by atoms with Gasteiger partial charge in [0.2, 0.25) is 0 Å². The monoisotopic (exact) mass is 518 g/mol. The summed E-state index contributed by atoms with van der Waals surface area (Å²) >= 11 is 0. The minimum absolute atomic E-state index is 0.0330. The predicted octanol–water partition coefficient (Wildman–Crippen LogP) is 4.06. The van der Waals surface area contributed by atoms with E-state index in [-0.39, 0.29) is 23.4 Å². The van der Waals surface area contributed by atoms with Crippen molar-refractivity contribution in [2.45, 2.75) is 75.3 Å². The number of alkyl halides is 1. The first-order valence-corrected chi connectivity index (χ1v) is 13.3. The number of halogens is 1. The maximum absolute atomic E-state index is 15.9. The molecule has 198 valence electrons. The van der Waals surface area contributed by atoms with Gasteiger partial charge in [-0.15, -0.1) is 10.2 Å². The van der Waals surface area contributed by atoms with Crippen molar-refractivity contribution in [1.29, 1.82) is 0 Å². The normalized spacial score (nSPS) is 29.8. The molecule has 10 heteroatoms. The van der Waals surface area contributed by atoms with Gasteiger partial charge >= 0.3 is 0 Å². The molecule has 2 aromatic heterocycles. The maximum atomic E-state index is 15.9.